The van der Waals surface area contributed by atoms with Crippen molar-refractivity contribution in [2.45, 2.75) is 43.9 Å². The Hall–Kier alpha value is -1.23. The van der Waals surface area contributed by atoms with Crippen molar-refractivity contribution in [1.29, 1.82) is 0 Å². The van der Waals surface area contributed by atoms with Crippen molar-refractivity contribution in [2.24, 2.45) is 0 Å². The van der Waals surface area contributed by atoms with E-state index in [-0.39, 0.29) is 6.42 Å². The lowest BCUT2D eigenvalue weighted by atomic mass is 9.66. The number of methoxy groups -OCH3 is 1. The van der Waals surface area contributed by atoms with Crippen LogP contribution in [0.25, 0.3) is 0 Å². The lowest BCUT2D eigenvalue weighted by Crippen LogP contribution is -2.53. The van der Waals surface area contributed by atoms with Crippen LogP contribution < -0.4 is 4.74 Å². The first-order valence-electron chi connectivity index (χ1n) is 6.06. The lowest BCUT2D eigenvalue weighted by molar-refractivity contribution is -0.268. The van der Waals surface area contributed by atoms with Gasteiger partial charge in [0, 0.05) is 12.0 Å². The van der Waals surface area contributed by atoms with Crippen LogP contribution in [-0.4, -0.2) is 24.0 Å². The molecule has 0 amide bonds. The third kappa shape index (κ3) is 2.20. The largest absolute Gasteiger partial charge is 0.496 e. The van der Waals surface area contributed by atoms with E-state index in [1.807, 2.05) is 0 Å². The van der Waals surface area contributed by atoms with Crippen molar-refractivity contribution in [3.63, 3.8) is 0 Å². The van der Waals surface area contributed by atoms with E-state index in [2.05, 4.69) is 0 Å². The minimum atomic E-state index is -4.63. The number of aliphatic hydroxyl groups is 1. The first-order chi connectivity index (χ1) is 8.61. The van der Waals surface area contributed by atoms with Gasteiger partial charge in [-0.05, 0) is 23.5 Å². The minimum Gasteiger partial charge on any atom is -0.496 e. The van der Waals surface area contributed by atoms with Gasteiger partial charge >= 0.3 is 6.18 Å². The summed E-state index contributed by atoms with van der Waals surface area (Å²) in [6, 6.07) is 5.00. The van der Waals surface area contributed by atoms with Crippen molar-refractivity contribution >= 4 is 0 Å². The van der Waals surface area contributed by atoms with Gasteiger partial charge in [-0.25, -0.2) is 0 Å². The molecule has 0 radical (unpaired) electrons. The van der Waals surface area contributed by atoms with Crippen molar-refractivity contribution in [2.75, 3.05) is 7.11 Å². The van der Waals surface area contributed by atoms with E-state index in [1.165, 1.54) is 7.11 Å². The fourth-order valence-electron chi connectivity index (χ4n) is 3.06. The van der Waals surface area contributed by atoms with E-state index < -0.39 is 23.6 Å². The Labute approximate surface area is 110 Å². The molecule has 1 aliphatic rings. The Bertz CT molecular complexity index is 494. The summed E-state index contributed by atoms with van der Waals surface area (Å²) in [5.74, 6) is 0.576. The molecule has 0 fully saturated rings. The number of hydrogen-bond acceptors (Lipinski definition) is 2. The van der Waals surface area contributed by atoms with Gasteiger partial charge in [-0.3, -0.25) is 0 Å². The standard InChI is InChI=1S/C14H17F3O2/c1-12(2)8-13(18,14(15,16)17)7-9-5-4-6-10(19-3)11(9)12/h4-6,18H,7-8H2,1-3H3. The smallest absolute Gasteiger partial charge is 0.417 e. The summed E-state index contributed by atoms with van der Waals surface area (Å²) in [6.45, 7) is 3.40. The second kappa shape index (κ2) is 4.13. The SMILES string of the molecule is COc1cccc2c1C(C)(C)CC(O)(C(F)(F)F)C2. The molecule has 1 atom stereocenters. The molecule has 2 nitrogen and oxygen atoms in total. The Morgan fingerprint density at radius 2 is 1.89 bits per heavy atom. The Kier molecular flexibility index (Phi) is 3.08. The normalized spacial score (nSPS) is 25.8. The predicted molar refractivity (Wildman–Crippen MR) is 65.3 cm³/mol. The van der Waals surface area contributed by atoms with Crippen molar-refractivity contribution in [3.8, 4) is 5.75 Å². The van der Waals surface area contributed by atoms with Crippen LogP contribution in [0.2, 0.25) is 0 Å². The van der Waals surface area contributed by atoms with Gasteiger partial charge in [0.25, 0.3) is 0 Å². The van der Waals surface area contributed by atoms with Gasteiger partial charge in [-0.15, -0.1) is 0 Å². The summed E-state index contributed by atoms with van der Waals surface area (Å²) in [5, 5.41) is 9.99. The number of hydrogen-bond donors (Lipinski definition) is 1. The maximum atomic E-state index is 13.1. The highest BCUT2D eigenvalue weighted by atomic mass is 19.4. The molecule has 1 unspecified atom stereocenters. The maximum Gasteiger partial charge on any atom is 0.417 e. The maximum absolute atomic E-state index is 13.1. The van der Waals surface area contributed by atoms with Gasteiger partial charge < -0.3 is 9.84 Å². The monoisotopic (exact) mass is 274 g/mol. The molecule has 0 heterocycles. The lowest BCUT2D eigenvalue weighted by Gasteiger charge is -2.44. The molecule has 1 aliphatic carbocycles. The van der Waals surface area contributed by atoms with Crippen molar-refractivity contribution in [3.05, 3.63) is 29.3 Å². The average Bonchev–Trinajstić information content (AvgIpc) is 2.25. The van der Waals surface area contributed by atoms with E-state index in [4.69, 9.17) is 4.74 Å². The summed E-state index contributed by atoms with van der Waals surface area (Å²) in [7, 11) is 1.50. The molecule has 0 spiro atoms. The zero-order chi connectivity index (χ0) is 14.5. The minimum absolute atomic E-state index is 0.364. The van der Waals surface area contributed by atoms with Gasteiger partial charge in [0.05, 0.1) is 7.11 Å². The van der Waals surface area contributed by atoms with E-state index >= 15 is 0 Å². The van der Waals surface area contributed by atoms with Gasteiger partial charge in [0.2, 0.25) is 0 Å². The Balaban J connectivity index is 2.58. The zero-order valence-electron chi connectivity index (χ0n) is 11.1. The fourth-order valence-corrected chi connectivity index (χ4v) is 3.06. The number of ether oxygens (including phenoxy) is 1. The third-order valence-electron chi connectivity index (χ3n) is 3.75. The summed E-state index contributed by atoms with van der Waals surface area (Å²) in [5.41, 5.74) is -2.22. The number of halogens is 3. The summed E-state index contributed by atoms with van der Waals surface area (Å²) in [6.07, 6.45) is -5.42. The van der Waals surface area contributed by atoms with Crippen LogP contribution in [0.3, 0.4) is 0 Å². The predicted octanol–water partition coefficient (Wildman–Crippen LogP) is 3.21. The van der Waals surface area contributed by atoms with Crippen LogP contribution in [0.15, 0.2) is 18.2 Å². The second-order valence-electron chi connectivity index (χ2n) is 5.76. The molecular weight excluding hydrogens is 257 g/mol. The van der Waals surface area contributed by atoms with Crippen molar-refractivity contribution < 1.29 is 23.0 Å². The molecule has 1 aromatic carbocycles. The third-order valence-corrected chi connectivity index (χ3v) is 3.75. The fraction of sp³-hybridized carbons (Fsp3) is 0.571. The van der Waals surface area contributed by atoms with Crippen LogP contribution in [0.1, 0.15) is 31.4 Å². The average molecular weight is 274 g/mol. The van der Waals surface area contributed by atoms with E-state index in [9.17, 15) is 18.3 Å². The highest BCUT2D eigenvalue weighted by molar-refractivity contribution is 5.48. The molecule has 0 aliphatic heterocycles. The molecule has 0 saturated heterocycles. The molecule has 0 bridgehead atoms. The number of fused-ring (bicyclic) bond motifs is 1. The summed E-state index contributed by atoms with van der Waals surface area (Å²) in [4.78, 5) is 0. The molecule has 106 valence electrons. The topological polar surface area (TPSA) is 29.5 Å². The van der Waals surface area contributed by atoms with Gasteiger partial charge in [-0.2, -0.15) is 13.2 Å². The first kappa shape index (κ1) is 14.2. The molecule has 2 rings (SSSR count). The summed E-state index contributed by atoms with van der Waals surface area (Å²) >= 11 is 0. The van der Waals surface area contributed by atoms with Crippen LogP contribution in [0, 0.1) is 0 Å². The number of benzene rings is 1. The number of alkyl halides is 3. The second-order valence-corrected chi connectivity index (χ2v) is 5.76. The van der Waals surface area contributed by atoms with E-state index in [1.54, 1.807) is 32.0 Å². The highest BCUT2D eigenvalue weighted by Gasteiger charge is 2.58. The molecule has 19 heavy (non-hydrogen) atoms. The quantitative estimate of drug-likeness (QED) is 0.852. The van der Waals surface area contributed by atoms with Crippen LogP contribution in [-0.2, 0) is 11.8 Å². The van der Waals surface area contributed by atoms with Crippen LogP contribution in [0.5, 0.6) is 5.75 Å². The first-order valence-corrected chi connectivity index (χ1v) is 6.06. The summed E-state index contributed by atoms with van der Waals surface area (Å²) < 4.78 is 44.4. The van der Waals surface area contributed by atoms with E-state index in [0.717, 1.165) is 5.56 Å². The molecule has 1 N–H and O–H groups in total. The molecule has 0 aromatic heterocycles. The highest BCUT2D eigenvalue weighted by Crippen LogP contribution is 2.50. The number of rotatable bonds is 1. The van der Waals surface area contributed by atoms with Crippen LogP contribution in [0.4, 0.5) is 13.2 Å². The van der Waals surface area contributed by atoms with Gasteiger partial charge in [0.15, 0.2) is 5.60 Å². The molecule has 1 aromatic rings. The van der Waals surface area contributed by atoms with E-state index in [0.29, 0.717) is 11.3 Å². The molecule has 5 heteroatoms. The zero-order valence-corrected chi connectivity index (χ0v) is 11.1. The van der Waals surface area contributed by atoms with Crippen molar-refractivity contribution in [1.82, 2.24) is 0 Å². The molecule has 0 saturated carbocycles. The molecular formula is C14H17F3O2. The van der Waals surface area contributed by atoms with Crippen LogP contribution >= 0.6 is 0 Å². The van der Waals surface area contributed by atoms with Gasteiger partial charge in [0.1, 0.15) is 5.75 Å². The Morgan fingerprint density at radius 1 is 1.26 bits per heavy atom. The van der Waals surface area contributed by atoms with Gasteiger partial charge in [-0.1, -0.05) is 26.0 Å². The Morgan fingerprint density at radius 3 is 2.42 bits per heavy atom.